The van der Waals surface area contributed by atoms with Gasteiger partial charge in [0.2, 0.25) is 5.88 Å². The van der Waals surface area contributed by atoms with Crippen LogP contribution in [0.5, 0.6) is 11.6 Å². The van der Waals surface area contributed by atoms with Crippen LogP contribution in [0.15, 0.2) is 24.4 Å². The lowest BCUT2D eigenvalue weighted by atomic mass is 9.94. The second-order valence-electron chi connectivity index (χ2n) is 5.29. The Kier molecular flexibility index (Phi) is 3.68. The van der Waals surface area contributed by atoms with Crippen LogP contribution in [-0.4, -0.2) is 22.2 Å². The fourth-order valence-electron chi connectivity index (χ4n) is 2.63. The fourth-order valence-corrected chi connectivity index (χ4v) is 2.84. The molecule has 106 valence electrons. The summed E-state index contributed by atoms with van der Waals surface area (Å²) in [5, 5.41) is 11.7. The lowest BCUT2D eigenvalue weighted by molar-refractivity contribution is 0.147. The van der Waals surface area contributed by atoms with Crippen LogP contribution in [0.1, 0.15) is 25.7 Å². The highest BCUT2D eigenvalue weighted by Gasteiger charge is 2.21. The largest absolute Gasteiger partial charge is 0.493 e. The van der Waals surface area contributed by atoms with Gasteiger partial charge in [0.1, 0.15) is 5.75 Å². The van der Waals surface area contributed by atoms with E-state index in [9.17, 15) is 5.11 Å². The van der Waals surface area contributed by atoms with E-state index in [0.717, 1.165) is 31.1 Å². The van der Waals surface area contributed by atoms with Crippen molar-refractivity contribution in [1.29, 1.82) is 0 Å². The molecule has 1 aliphatic rings. The molecule has 3 rings (SSSR count). The van der Waals surface area contributed by atoms with Crippen molar-refractivity contribution < 1.29 is 9.84 Å². The smallest absolute Gasteiger partial charge is 0.218 e. The third-order valence-corrected chi connectivity index (χ3v) is 4.10. The molecule has 0 bridgehead atoms. The average molecular weight is 293 g/mol. The molecule has 5 heteroatoms. The minimum Gasteiger partial charge on any atom is -0.493 e. The number of aromatic nitrogens is 1. The molecule has 0 amide bonds. The summed E-state index contributed by atoms with van der Waals surface area (Å²) in [5.41, 5.74) is 5.89. The van der Waals surface area contributed by atoms with E-state index >= 15 is 0 Å². The molecular formula is C15H17ClN2O2. The van der Waals surface area contributed by atoms with Gasteiger partial charge in [0.15, 0.2) is 0 Å². The van der Waals surface area contributed by atoms with Gasteiger partial charge in [0, 0.05) is 17.6 Å². The molecule has 4 nitrogen and oxygen atoms in total. The molecule has 1 saturated carbocycles. The summed E-state index contributed by atoms with van der Waals surface area (Å²) in [5.74, 6) is 0.643. The average Bonchev–Trinajstić information content (AvgIpc) is 2.43. The van der Waals surface area contributed by atoms with Crippen LogP contribution < -0.4 is 10.5 Å². The number of nitrogens with zero attached hydrogens (tertiary/aromatic N) is 1. The van der Waals surface area contributed by atoms with Crippen LogP contribution in [0.2, 0.25) is 5.02 Å². The van der Waals surface area contributed by atoms with Crippen molar-refractivity contribution in [3.63, 3.8) is 0 Å². The van der Waals surface area contributed by atoms with E-state index in [0.29, 0.717) is 22.2 Å². The van der Waals surface area contributed by atoms with Crippen molar-refractivity contribution >= 4 is 22.4 Å². The summed E-state index contributed by atoms with van der Waals surface area (Å²) in [6.07, 6.45) is 5.62. The van der Waals surface area contributed by atoms with Crippen LogP contribution in [-0.2, 0) is 0 Å². The van der Waals surface area contributed by atoms with E-state index in [1.54, 1.807) is 12.3 Å². The first-order valence-electron chi connectivity index (χ1n) is 6.83. The monoisotopic (exact) mass is 292 g/mol. The zero-order chi connectivity index (χ0) is 14.1. The van der Waals surface area contributed by atoms with Crippen molar-refractivity contribution in [3.05, 3.63) is 29.4 Å². The molecule has 0 unspecified atom stereocenters. The number of nitrogens with two attached hydrogens (primary N) is 1. The van der Waals surface area contributed by atoms with Gasteiger partial charge in [-0.25, -0.2) is 4.98 Å². The first kappa shape index (κ1) is 13.5. The Morgan fingerprint density at radius 2 is 2.00 bits per heavy atom. The van der Waals surface area contributed by atoms with Crippen LogP contribution >= 0.6 is 11.6 Å². The van der Waals surface area contributed by atoms with Crippen molar-refractivity contribution in [3.8, 4) is 11.6 Å². The van der Waals surface area contributed by atoms with E-state index < -0.39 is 0 Å². The third-order valence-electron chi connectivity index (χ3n) is 3.81. The van der Waals surface area contributed by atoms with E-state index in [1.165, 1.54) is 0 Å². The lowest BCUT2D eigenvalue weighted by Gasteiger charge is -2.27. The van der Waals surface area contributed by atoms with Crippen molar-refractivity contribution in [2.24, 2.45) is 5.73 Å². The van der Waals surface area contributed by atoms with E-state index in [1.807, 2.05) is 12.1 Å². The molecule has 1 aliphatic carbocycles. The number of hydrogen-bond donors (Lipinski definition) is 2. The van der Waals surface area contributed by atoms with Gasteiger partial charge in [0.05, 0.1) is 11.1 Å². The standard InChI is InChI=1S/C15H17ClN2O2/c16-13-8-12-9(5-6-18-15(12)19)7-14(13)20-11-3-1-10(17)2-4-11/h5-8,10-11H,1-4,17H2,(H,18,19)/t10-,11-. The Morgan fingerprint density at radius 3 is 2.75 bits per heavy atom. The van der Waals surface area contributed by atoms with Gasteiger partial charge >= 0.3 is 0 Å². The van der Waals surface area contributed by atoms with E-state index in [-0.39, 0.29) is 12.0 Å². The predicted molar refractivity (Wildman–Crippen MR) is 79.3 cm³/mol. The Morgan fingerprint density at radius 1 is 1.25 bits per heavy atom. The van der Waals surface area contributed by atoms with Gasteiger partial charge in [-0.1, -0.05) is 11.6 Å². The minimum atomic E-state index is -0.0143. The SMILES string of the molecule is N[C@H]1CC[C@H](Oc2cc3ccnc(O)c3cc2Cl)CC1. The van der Waals surface area contributed by atoms with Crippen LogP contribution in [0.4, 0.5) is 0 Å². The number of rotatable bonds is 2. The molecule has 0 spiro atoms. The fraction of sp³-hybridized carbons (Fsp3) is 0.400. The molecule has 0 radical (unpaired) electrons. The summed E-state index contributed by atoms with van der Waals surface area (Å²) in [6, 6.07) is 5.68. The summed E-state index contributed by atoms with van der Waals surface area (Å²) < 4.78 is 5.99. The number of aromatic hydroxyl groups is 1. The molecule has 2 aromatic rings. The first-order valence-corrected chi connectivity index (χ1v) is 7.21. The van der Waals surface area contributed by atoms with Crippen LogP contribution in [0.25, 0.3) is 10.8 Å². The Hall–Kier alpha value is -1.52. The molecule has 1 aromatic heterocycles. The summed E-state index contributed by atoms with van der Waals surface area (Å²) in [4.78, 5) is 3.84. The normalized spacial score (nSPS) is 22.9. The minimum absolute atomic E-state index is 0.0143. The van der Waals surface area contributed by atoms with E-state index in [2.05, 4.69) is 4.98 Å². The Balaban J connectivity index is 1.86. The highest BCUT2D eigenvalue weighted by atomic mass is 35.5. The van der Waals surface area contributed by atoms with Gasteiger partial charge in [-0.15, -0.1) is 0 Å². The van der Waals surface area contributed by atoms with Gasteiger partial charge in [-0.2, -0.15) is 0 Å². The number of fused-ring (bicyclic) bond motifs is 1. The summed E-state index contributed by atoms with van der Waals surface area (Å²) in [6.45, 7) is 0. The maximum absolute atomic E-state index is 9.71. The molecule has 1 aromatic carbocycles. The van der Waals surface area contributed by atoms with E-state index in [4.69, 9.17) is 22.1 Å². The molecule has 20 heavy (non-hydrogen) atoms. The van der Waals surface area contributed by atoms with Gasteiger partial charge in [-0.05, 0) is 49.3 Å². The molecular weight excluding hydrogens is 276 g/mol. The number of benzene rings is 1. The molecule has 3 N–H and O–H groups in total. The van der Waals surface area contributed by atoms with Crippen molar-refractivity contribution in [1.82, 2.24) is 4.98 Å². The summed E-state index contributed by atoms with van der Waals surface area (Å²) >= 11 is 6.23. The maximum atomic E-state index is 9.71. The lowest BCUT2D eigenvalue weighted by Crippen LogP contribution is -2.31. The van der Waals surface area contributed by atoms with Crippen LogP contribution in [0, 0.1) is 0 Å². The Labute approximate surface area is 122 Å². The zero-order valence-electron chi connectivity index (χ0n) is 11.1. The second kappa shape index (κ2) is 5.46. The molecule has 0 aliphatic heterocycles. The molecule has 0 saturated heterocycles. The number of hydrogen-bond acceptors (Lipinski definition) is 4. The topological polar surface area (TPSA) is 68.4 Å². The van der Waals surface area contributed by atoms with Gasteiger partial charge < -0.3 is 15.6 Å². The first-order chi connectivity index (χ1) is 9.63. The van der Waals surface area contributed by atoms with Gasteiger partial charge in [-0.3, -0.25) is 0 Å². The van der Waals surface area contributed by atoms with Crippen molar-refractivity contribution in [2.45, 2.75) is 37.8 Å². The highest BCUT2D eigenvalue weighted by molar-refractivity contribution is 6.33. The maximum Gasteiger partial charge on any atom is 0.218 e. The molecule has 1 heterocycles. The van der Waals surface area contributed by atoms with Gasteiger partial charge in [0.25, 0.3) is 0 Å². The van der Waals surface area contributed by atoms with Crippen molar-refractivity contribution in [2.75, 3.05) is 0 Å². The number of halogens is 1. The zero-order valence-corrected chi connectivity index (χ0v) is 11.8. The molecule has 1 fully saturated rings. The Bertz CT molecular complexity index is 625. The molecule has 0 atom stereocenters. The predicted octanol–water partition coefficient (Wildman–Crippen LogP) is 3.24. The highest BCUT2D eigenvalue weighted by Crippen LogP contribution is 2.35. The summed E-state index contributed by atoms with van der Waals surface area (Å²) in [7, 11) is 0. The van der Waals surface area contributed by atoms with Crippen LogP contribution in [0.3, 0.4) is 0 Å². The number of pyridine rings is 1. The third kappa shape index (κ3) is 2.67. The second-order valence-corrected chi connectivity index (χ2v) is 5.70. The number of ether oxygens (including phenoxy) is 1. The quantitative estimate of drug-likeness (QED) is 0.891.